The lowest BCUT2D eigenvalue weighted by Crippen LogP contribution is -2.20. The van der Waals surface area contributed by atoms with Gasteiger partial charge < -0.3 is 10.1 Å². The summed E-state index contributed by atoms with van der Waals surface area (Å²) in [5, 5.41) is 4.17. The largest absolute Gasteiger partial charge is 0.379 e. The van der Waals surface area contributed by atoms with E-state index in [-0.39, 0.29) is 0 Å². The standard InChI is InChI=1S/C10H12Cl2N2O/c1-6-4-8(11)14-10(12)9(6)13-7-2-3-15-5-7/h4,7,13H,2-3,5H2,1H3. The highest BCUT2D eigenvalue weighted by Gasteiger charge is 2.18. The van der Waals surface area contributed by atoms with Gasteiger partial charge in [0.2, 0.25) is 0 Å². The predicted molar refractivity (Wildman–Crippen MR) is 61.8 cm³/mol. The third kappa shape index (κ3) is 2.54. The van der Waals surface area contributed by atoms with Gasteiger partial charge in [-0.3, -0.25) is 0 Å². The van der Waals surface area contributed by atoms with E-state index in [1.807, 2.05) is 6.92 Å². The molecule has 0 spiro atoms. The smallest absolute Gasteiger partial charge is 0.154 e. The Hall–Kier alpha value is -0.510. The third-order valence-electron chi connectivity index (χ3n) is 2.42. The Morgan fingerprint density at radius 3 is 2.93 bits per heavy atom. The second kappa shape index (κ2) is 4.56. The summed E-state index contributed by atoms with van der Waals surface area (Å²) in [6, 6.07) is 2.12. The van der Waals surface area contributed by atoms with Crippen molar-refractivity contribution in [1.82, 2.24) is 4.98 Å². The Balaban J connectivity index is 2.19. The molecule has 1 atom stereocenters. The lowest BCUT2D eigenvalue weighted by molar-refractivity contribution is 0.195. The minimum atomic E-state index is 0.323. The Morgan fingerprint density at radius 2 is 2.33 bits per heavy atom. The van der Waals surface area contributed by atoms with Crippen molar-refractivity contribution in [3.63, 3.8) is 0 Å². The molecule has 1 aliphatic heterocycles. The lowest BCUT2D eigenvalue weighted by atomic mass is 10.2. The molecule has 3 nitrogen and oxygen atoms in total. The van der Waals surface area contributed by atoms with Crippen LogP contribution in [-0.4, -0.2) is 24.2 Å². The van der Waals surface area contributed by atoms with Crippen LogP contribution in [0.1, 0.15) is 12.0 Å². The number of rotatable bonds is 2. The molecule has 1 aliphatic rings. The van der Waals surface area contributed by atoms with Gasteiger partial charge in [0.15, 0.2) is 5.15 Å². The fraction of sp³-hybridized carbons (Fsp3) is 0.500. The molecular weight excluding hydrogens is 235 g/mol. The van der Waals surface area contributed by atoms with Gasteiger partial charge in [0.05, 0.1) is 18.3 Å². The predicted octanol–water partition coefficient (Wildman–Crippen LogP) is 2.90. The highest BCUT2D eigenvalue weighted by Crippen LogP contribution is 2.27. The second-order valence-corrected chi connectivity index (χ2v) is 4.38. The zero-order chi connectivity index (χ0) is 10.8. The monoisotopic (exact) mass is 246 g/mol. The van der Waals surface area contributed by atoms with Crippen molar-refractivity contribution in [3.05, 3.63) is 21.9 Å². The molecule has 0 bridgehead atoms. The molecule has 15 heavy (non-hydrogen) atoms. The van der Waals surface area contributed by atoms with Crippen LogP contribution >= 0.6 is 23.2 Å². The number of pyridine rings is 1. The maximum absolute atomic E-state index is 6.01. The minimum Gasteiger partial charge on any atom is -0.379 e. The van der Waals surface area contributed by atoms with Crippen LogP contribution in [0.2, 0.25) is 10.3 Å². The molecule has 0 radical (unpaired) electrons. The lowest BCUT2D eigenvalue weighted by Gasteiger charge is -2.15. The molecule has 1 unspecified atom stereocenters. The summed E-state index contributed by atoms with van der Waals surface area (Å²) < 4.78 is 5.28. The molecule has 0 amide bonds. The average molecular weight is 247 g/mol. The number of aryl methyl sites for hydroxylation is 1. The average Bonchev–Trinajstić information content (AvgIpc) is 2.63. The topological polar surface area (TPSA) is 34.2 Å². The van der Waals surface area contributed by atoms with Crippen LogP contribution < -0.4 is 5.32 Å². The van der Waals surface area contributed by atoms with Crippen LogP contribution in [0.15, 0.2) is 6.07 Å². The number of aromatic nitrogens is 1. The van der Waals surface area contributed by atoms with Crippen molar-refractivity contribution in [3.8, 4) is 0 Å². The summed E-state index contributed by atoms with van der Waals surface area (Å²) in [4.78, 5) is 4.00. The van der Waals surface area contributed by atoms with Crippen molar-refractivity contribution in [2.45, 2.75) is 19.4 Å². The molecule has 0 saturated carbocycles. The van der Waals surface area contributed by atoms with Gasteiger partial charge in [-0.25, -0.2) is 4.98 Å². The van der Waals surface area contributed by atoms with Gasteiger partial charge in [-0.05, 0) is 25.0 Å². The van der Waals surface area contributed by atoms with Crippen molar-refractivity contribution in [2.75, 3.05) is 18.5 Å². The number of ether oxygens (including phenoxy) is 1. The summed E-state index contributed by atoms with van der Waals surface area (Å²) in [7, 11) is 0. The molecule has 0 aromatic carbocycles. The van der Waals surface area contributed by atoms with Crippen molar-refractivity contribution >= 4 is 28.9 Å². The van der Waals surface area contributed by atoms with E-state index < -0.39 is 0 Å². The summed E-state index contributed by atoms with van der Waals surface area (Å²) in [5.41, 5.74) is 1.86. The van der Waals surface area contributed by atoms with Crippen LogP contribution in [0.5, 0.6) is 0 Å². The molecule has 2 heterocycles. The number of anilines is 1. The Morgan fingerprint density at radius 1 is 1.53 bits per heavy atom. The van der Waals surface area contributed by atoms with E-state index in [1.54, 1.807) is 6.07 Å². The fourth-order valence-electron chi connectivity index (χ4n) is 1.62. The van der Waals surface area contributed by atoms with E-state index >= 15 is 0 Å². The number of hydrogen-bond acceptors (Lipinski definition) is 3. The molecule has 1 aromatic heterocycles. The van der Waals surface area contributed by atoms with Gasteiger partial charge in [-0.2, -0.15) is 0 Å². The first-order valence-corrected chi connectivity index (χ1v) is 5.59. The molecule has 5 heteroatoms. The van der Waals surface area contributed by atoms with Gasteiger partial charge in [0.25, 0.3) is 0 Å². The number of hydrogen-bond donors (Lipinski definition) is 1. The fourth-order valence-corrected chi connectivity index (χ4v) is 2.21. The Labute approximate surface area is 98.7 Å². The van der Waals surface area contributed by atoms with Crippen molar-refractivity contribution in [2.24, 2.45) is 0 Å². The van der Waals surface area contributed by atoms with Crippen LogP contribution in [0.4, 0.5) is 5.69 Å². The molecule has 1 fully saturated rings. The molecule has 1 aromatic rings. The summed E-state index contributed by atoms with van der Waals surface area (Å²) >= 11 is 11.8. The maximum atomic E-state index is 6.01. The van der Waals surface area contributed by atoms with E-state index in [0.717, 1.165) is 30.9 Å². The normalized spacial score (nSPS) is 20.6. The van der Waals surface area contributed by atoms with Crippen LogP contribution in [0.3, 0.4) is 0 Å². The Bertz CT molecular complexity index is 341. The summed E-state index contributed by atoms with van der Waals surface area (Å²) in [6.07, 6.45) is 0.998. The molecule has 1 saturated heterocycles. The number of nitrogens with zero attached hydrogens (tertiary/aromatic N) is 1. The quantitative estimate of drug-likeness (QED) is 0.816. The SMILES string of the molecule is Cc1cc(Cl)nc(Cl)c1NC1CCOC1. The van der Waals surface area contributed by atoms with Crippen molar-refractivity contribution < 1.29 is 4.74 Å². The zero-order valence-corrected chi connectivity index (χ0v) is 9.90. The van der Waals surface area contributed by atoms with Crippen molar-refractivity contribution in [1.29, 1.82) is 0 Å². The summed E-state index contributed by atoms with van der Waals surface area (Å²) in [6.45, 7) is 3.48. The van der Waals surface area contributed by atoms with Crippen LogP contribution in [-0.2, 0) is 4.74 Å². The highest BCUT2D eigenvalue weighted by atomic mass is 35.5. The molecule has 82 valence electrons. The van der Waals surface area contributed by atoms with Gasteiger partial charge in [0, 0.05) is 6.61 Å². The van der Waals surface area contributed by atoms with E-state index in [2.05, 4.69) is 10.3 Å². The summed E-state index contributed by atoms with van der Waals surface area (Å²) in [5.74, 6) is 0. The van der Waals surface area contributed by atoms with E-state index in [4.69, 9.17) is 27.9 Å². The number of halogens is 2. The highest BCUT2D eigenvalue weighted by molar-refractivity contribution is 6.34. The Kier molecular flexibility index (Phi) is 3.34. The minimum absolute atomic E-state index is 0.323. The number of nitrogens with one attached hydrogen (secondary N) is 1. The van der Waals surface area contributed by atoms with E-state index in [0.29, 0.717) is 16.3 Å². The first kappa shape index (κ1) is 11.0. The third-order valence-corrected chi connectivity index (χ3v) is 2.89. The maximum Gasteiger partial charge on any atom is 0.154 e. The van der Waals surface area contributed by atoms with Gasteiger partial charge in [-0.1, -0.05) is 23.2 Å². The van der Waals surface area contributed by atoms with E-state index in [9.17, 15) is 0 Å². The van der Waals surface area contributed by atoms with Crippen LogP contribution in [0, 0.1) is 6.92 Å². The van der Waals surface area contributed by atoms with Gasteiger partial charge >= 0.3 is 0 Å². The molecule has 1 N–H and O–H groups in total. The van der Waals surface area contributed by atoms with Crippen LogP contribution in [0.25, 0.3) is 0 Å². The first-order chi connectivity index (χ1) is 7.16. The molecule has 2 rings (SSSR count). The zero-order valence-electron chi connectivity index (χ0n) is 8.39. The van der Waals surface area contributed by atoms with Gasteiger partial charge in [0.1, 0.15) is 5.15 Å². The van der Waals surface area contributed by atoms with Gasteiger partial charge in [-0.15, -0.1) is 0 Å². The first-order valence-electron chi connectivity index (χ1n) is 4.84. The molecular formula is C10H12Cl2N2O. The van der Waals surface area contributed by atoms with E-state index in [1.165, 1.54) is 0 Å². The second-order valence-electron chi connectivity index (χ2n) is 3.63. The molecule has 0 aliphatic carbocycles.